The Morgan fingerprint density at radius 2 is 2.00 bits per heavy atom. The summed E-state index contributed by atoms with van der Waals surface area (Å²) in [5.41, 5.74) is 1.29. The van der Waals surface area contributed by atoms with E-state index in [4.69, 9.17) is 9.47 Å². The Balaban J connectivity index is 2.09. The quantitative estimate of drug-likeness (QED) is 0.704. The maximum atomic E-state index is 5.66. The summed E-state index contributed by atoms with van der Waals surface area (Å²) >= 11 is 0. The Hall–Kier alpha value is -1.18. The van der Waals surface area contributed by atoms with E-state index in [2.05, 4.69) is 19.1 Å². The van der Waals surface area contributed by atoms with Gasteiger partial charge in [0.15, 0.2) is 11.5 Å². The van der Waals surface area contributed by atoms with E-state index in [1.54, 1.807) is 0 Å². The molecule has 82 valence electrons. The van der Waals surface area contributed by atoms with Crippen molar-refractivity contribution in [1.29, 1.82) is 0 Å². The normalized spacial score (nSPS) is 13.9. The molecule has 0 saturated carbocycles. The van der Waals surface area contributed by atoms with E-state index in [9.17, 15) is 0 Å². The zero-order valence-corrected chi connectivity index (χ0v) is 9.29. The Bertz CT molecular complexity index is 320. The summed E-state index contributed by atoms with van der Waals surface area (Å²) < 4.78 is 11.2. The van der Waals surface area contributed by atoms with E-state index < -0.39 is 0 Å². The highest BCUT2D eigenvalue weighted by molar-refractivity contribution is 5.47. The number of para-hydroxylation sites is 1. The number of benzene rings is 1. The lowest BCUT2D eigenvalue weighted by Gasteiger charge is -2.20. The lowest BCUT2D eigenvalue weighted by Crippen LogP contribution is -2.16. The molecular formula is C13H18O2. The van der Waals surface area contributed by atoms with Gasteiger partial charge in [-0.05, 0) is 24.5 Å². The molecule has 2 nitrogen and oxygen atoms in total. The average Bonchev–Trinajstić information content (AvgIpc) is 2.30. The molecule has 0 atom stereocenters. The zero-order valence-electron chi connectivity index (χ0n) is 9.29. The summed E-state index contributed by atoms with van der Waals surface area (Å²) in [4.78, 5) is 0. The fourth-order valence-electron chi connectivity index (χ4n) is 1.90. The average molecular weight is 206 g/mol. The minimum absolute atomic E-state index is 0.672. The number of hydrogen-bond donors (Lipinski definition) is 0. The zero-order chi connectivity index (χ0) is 10.5. The van der Waals surface area contributed by atoms with Gasteiger partial charge in [0, 0.05) is 0 Å². The van der Waals surface area contributed by atoms with Crippen molar-refractivity contribution in [2.24, 2.45) is 0 Å². The Labute approximate surface area is 91.2 Å². The molecule has 0 radical (unpaired) electrons. The van der Waals surface area contributed by atoms with Crippen molar-refractivity contribution in [2.45, 2.75) is 32.6 Å². The van der Waals surface area contributed by atoms with Crippen LogP contribution < -0.4 is 9.47 Å². The van der Waals surface area contributed by atoms with Crippen LogP contribution in [0.1, 0.15) is 31.7 Å². The highest BCUT2D eigenvalue weighted by Gasteiger charge is 2.14. The monoisotopic (exact) mass is 206 g/mol. The van der Waals surface area contributed by atoms with Crippen LogP contribution in [0.4, 0.5) is 0 Å². The first-order chi connectivity index (χ1) is 7.42. The van der Waals surface area contributed by atoms with Crippen LogP contribution in [0.3, 0.4) is 0 Å². The van der Waals surface area contributed by atoms with Crippen molar-refractivity contribution in [1.82, 2.24) is 0 Å². The van der Waals surface area contributed by atoms with Gasteiger partial charge in [-0.25, -0.2) is 0 Å². The molecule has 1 aliphatic rings. The van der Waals surface area contributed by atoms with E-state index >= 15 is 0 Å². The van der Waals surface area contributed by atoms with Crippen LogP contribution in [0.2, 0.25) is 0 Å². The molecule has 0 saturated heterocycles. The van der Waals surface area contributed by atoms with E-state index in [1.807, 2.05) is 6.07 Å². The first kappa shape index (κ1) is 10.3. The van der Waals surface area contributed by atoms with Gasteiger partial charge in [0.25, 0.3) is 0 Å². The summed E-state index contributed by atoms with van der Waals surface area (Å²) in [5.74, 6) is 1.88. The molecule has 1 aliphatic heterocycles. The van der Waals surface area contributed by atoms with E-state index in [-0.39, 0.29) is 0 Å². The first-order valence-electron chi connectivity index (χ1n) is 5.79. The van der Waals surface area contributed by atoms with Crippen LogP contribution in [0.15, 0.2) is 18.2 Å². The fraction of sp³-hybridized carbons (Fsp3) is 0.538. The summed E-state index contributed by atoms with van der Waals surface area (Å²) in [6, 6.07) is 6.18. The van der Waals surface area contributed by atoms with Gasteiger partial charge in [-0.3, -0.25) is 0 Å². The molecule has 0 spiro atoms. The van der Waals surface area contributed by atoms with Gasteiger partial charge in [0.2, 0.25) is 0 Å². The first-order valence-corrected chi connectivity index (χ1v) is 5.79. The molecule has 0 aromatic heterocycles. The topological polar surface area (TPSA) is 18.5 Å². The van der Waals surface area contributed by atoms with Crippen molar-refractivity contribution in [3.63, 3.8) is 0 Å². The van der Waals surface area contributed by atoms with Gasteiger partial charge in [-0.1, -0.05) is 31.9 Å². The van der Waals surface area contributed by atoms with Crippen molar-refractivity contribution in [3.05, 3.63) is 23.8 Å². The minimum Gasteiger partial charge on any atom is -0.486 e. The van der Waals surface area contributed by atoms with Crippen LogP contribution in [0.5, 0.6) is 11.5 Å². The number of fused-ring (bicyclic) bond motifs is 1. The van der Waals surface area contributed by atoms with Crippen molar-refractivity contribution in [3.8, 4) is 11.5 Å². The predicted molar refractivity (Wildman–Crippen MR) is 60.7 cm³/mol. The van der Waals surface area contributed by atoms with Gasteiger partial charge in [-0.2, -0.15) is 0 Å². The van der Waals surface area contributed by atoms with Crippen LogP contribution in [0.25, 0.3) is 0 Å². The number of ether oxygens (including phenoxy) is 2. The molecule has 2 rings (SSSR count). The smallest absolute Gasteiger partial charge is 0.164 e. The standard InChI is InChI=1S/C13H18O2/c1-2-3-4-6-11-7-5-8-12-13(11)15-10-9-14-12/h5,7-8H,2-4,6,9-10H2,1H3. The third-order valence-electron chi connectivity index (χ3n) is 2.70. The van der Waals surface area contributed by atoms with Gasteiger partial charge >= 0.3 is 0 Å². The van der Waals surface area contributed by atoms with Crippen LogP contribution in [-0.4, -0.2) is 13.2 Å². The molecule has 2 heteroatoms. The molecule has 0 unspecified atom stereocenters. The molecule has 0 bridgehead atoms. The molecule has 0 aliphatic carbocycles. The number of unbranched alkanes of at least 4 members (excludes halogenated alkanes) is 2. The summed E-state index contributed by atoms with van der Waals surface area (Å²) in [6.07, 6.45) is 4.87. The highest BCUT2D eigenvalue weighted by atomic mass is 16.6. The molecular weight excluding hydrogens is 188 g/mol. The Morgan fingerprint density at radius 3 is 2.87 bits per heavy atom. The van der Waals surface area contributed by atoms with Gasteiger partial charge < -0.3 is 9.47 Å². The SMILES string of the molecule is CCCCCc1cccc2c1OCCO2. The second-order valence-electron chi connectivity index (χ2n) is 3.90. The highest BCUT2D eigenvalue weighted by Crippen LogP contribution is 2.34. The van der Waals surface area contributed by atoms with E-state index in [0.717, 1.165) is 17.9 Å². The molecule has 0 amide bonds. The minimum atomic E-state index is 0.672. The van der Waals surface area contributed by atoms with Crippen molar-refractivity contribution >= 4 is 0 Å². The van der Waals surface area contributed by atoms with E-state index in [0.29, 0.717) is 13.2 Å². The lowest BCUT2D eigenvalue weighted by atomic mass is 10.1. The van der Waals surface area contributed by atoms with Crippen molar-refractivity contribution in [2.75, 3.05) is 13.2 Å². The number of hydrogen-bond acceptors (Lipinski definition) is 2. The molecule has 15 heavy (non-hydrogen) atoms. The summed E-state index contributed by atoms with van der Waals surface area (Å²) in [5, 5.41) is 0. The van der Waals surface area contributed by atoms with Gasteiger partial charge in [0.1, 0.15) is 13.2 Å². The Morgan fingerprint density at radius 1 is 1.13 bits per heavy atom. The molecule has 1 aromatic carbocycles. The second-order valence-corrected chi connectivity index (χ2v) is 3.90. The molecule has 0 fully saturated rings. The molecule has 1 heterocycles. The number of aryl methyl sites for hydroxylation is 1. The predicted octanol–water partition coefficient (Wildman–Crippen LogP) is 3.19. The van der Waals surface area contributed by atoms with Gasteiger partial charge in [-0.15, -0.1) is 0 Å². The molecule has 1 aromatic rings. The van der Waals surface area contributed by atoms with Crippen molar-refractivity contribution < 1.29 is 9.47 Å². The fourth-order valence-corrected chi connectivity index (χ4v) is 1.90. The Kier molecular flexibility index (Phi) is 3.49. The summed E-state index contributed by atoms with van der Waals surface area (Å²) in [7, 11) is 0. The third kappa shape index (κ3) is 2.44. The largest absolute Gasteiger partial charge is 0.486 e. The third-order valence-corrected chi connectivity index (χ3v) is 2.70. The van der Waals surface area contributed by atoms with Gasteiger partial charge in [0.05, 0.1) is 0 Å². The van der Waals surface area contributed by atoms with Crippen LogP contribution in [0, 0.1) is 0 Å². The number of rotatable bonds is 4. The van der Waals surface area contributed by atoms with Crippen LogP contribution >= 0.6 is 0 Å². The van der Waals surface area contributed by atoms with Crippen LogP contribution in [-0.2, 0) is 6.42 Å². The lowest BCUT2D eigenvalue weighted by molar-refractivity contribution is 0.170. The second kappa shape index (κ2) is 5.06. The molecule has 0 N–H and O–H groups in total. The van der Waals surface area contributed by atoms with E-state index in [1.165, 1.54) is 24.8 Å². The maximum absolute atomic E-state index is 5.66. The maximum Gasteiger partial charge on any atom is 0.164 e. The summed E-state index contributed by atoms with van der Waals surface area (Å²) in [6.45, 7) is 3.57.